The molecule has 0 bridgehead atoms. The van der Waals surface area contributed by atoms with Crippen LogP contribution in [0.4, 0.5) is 0 Å². The van der Waals surface area contributed by atoms with Gasteiger partial charge in [0.05, 0.1) is 18.0 Å². The first-order chi connectivity index (χ1) is 6.63. The van der Waals surface area contributed by atoms with E-state index in [1.807, 2.05) is 26.0 Å². The van der Waals surface area contributed by atoms with Crippen LogP contribution in [-0.4, -0.2) is 11.1 Å². The van der Waals surface area contributed by atoms with Gasteiger partial charge in [0.2, 0.25) is 0 Å². The van der Waals surface area contributed by atoms with Crippen molar-refractivity contribution in [1.82, 2.24) is 4.98 Å². The fraction of sp³-hybridized carbons (Fsp3) is 0.545. The number of aromatic nitrogens is 1. The summed E-state index contributed by atoms with van der Waals surface area (Å²) in [6, 6.07) is 3.80. The van der Waals surface area contributed by atoms with Crippen molar-refractivity contribution in [3.05, 3.63) is 24.0 Å². The van der Waals surface area contributed by atoms with E-state index < -0.39 is 0 Å². The van der Waals surface area contributed by atoms with Gasteiger partial charge < -0.3 is 10.5 Å². The van der Waals surface area contributed by atoms with Crippen molar-refractivity contribution in [3.63, 3.8) is 0 Å². The molecular weight excluding hydrogens is 176 g/mol. The summed E-state index contributed by atoms with van der Waals surface area (Å²) in [5.41, 5.74) is 6.58. The van der Waals surface area contributed by atoms with Crippen LogP contribution in [0.2, 0.25) is 0 Å². The highest BCUT2D eigenvalue weighted by atomic mass is 16.5. The minimum Gasteiger partial charge on any atom is -0.489 e. The molecule has 0 radical (unpaired) electrons. The lowest BCUT2D eigenvalue weighted by Crippen LogP contribution is -2.11. The first-order valence-electron chi connectivity index (χ1n) is 5.01. The lowest BCUT2D eigenvalue weighted by Gasteiger charge is -2.12. The lowest BCUT2D eigenvalue weighted by molar-refractivity contribution is 0.216. The van der Waals surface area contributed by atoms with Crippen molar-refractivity contribution in [2.45, 2.75) is 39.3 Å². The molecule has 1 aromatic rings. The number of ether oxygens (including phenoxy) is 1. The highest BCUT2D eigenvalue weighted by Gasteiger charge is 2.03. The molecule has 1 heterocycles. The van der Waals surface area contributed by atoms with E-state index in [0.29, 0.717) is 0 Å². The molecule has 14 heavy (non-hydrogen) atoms. The summed E-state index contributed by atoms with van der Waals surface area (Å²) in [7, 11) is 0. The molecule has 0 aliphatic rings. The molecule has 3 heteroatoms. The Bertz CT molecular complexity index is 269. The van der Waals surface area contributed by atoms with Crippen LogP contribution in [0.25, 0.3) is 0 Å². The maximum atomic E-state index is 5.69. The van der Waals surface area contributed by atoms with E-state index in [9.17, 15) is 0 Å². The molecule has 1 aromatic heterocycles. The summed E-state index contributed by atoms with van der Waals surface area (Å²) < 4.78 is 5.59. The van der Waals surface area contributed by atoms with Crippen molar-refractivity contribution in [2.24, 2.45) is 5.73 Å². The van der Waals surface area contributed by atoms with Crippen molar-refractivity contribution in [3.8, 4) is 5.75 Å². The first-order valence-corrected chi connectivity index (χ1v) is 5.01. The van der Waals surface area contributed by atoms with Crippen molar-refractivity contribution >= 4 is 0 Å². The third-order valence-corrected chi connectivity index (χ3v) is 2.14. The van der Waals surface area contributed by atoms with Gasteiger partial charge in [-0.3, -0.25) is 4.98 Å². The highest BCUT2D eigenvalue weighted by molar-refractivity contribution is 5.21. The molecule has 0 saturated carbocycles. The van der Waals surface area contributed by atoms with Crippen LogP contribution in [0.5, 0.6) is 5.75 Å². The van der Waals surface area contributed by atoms with Gasteiger partial charge in [-0.15, -0.1) is 0 Å². The fourth-order valence-electron chi connectivity index (χ4n) is 1.05. The molecular formula is C11H18N2O. The van der Waals surface area contributed by atoms with Crippen LogP contribution in [0.15, 0.2) is 18.3 Å². The fourth-order valence-corrected chi connectivity index (χ4v) is 1.05. The van der Waals surface area contributed by atoms with Gasteiger partial charge in [-0.05, 0) is 32.4 Å². The Balaban J connectivity index is 2.64. The highest BCUT2D eigenvalue weighted by Crippen LogP contribution is 2.14. The molecule has 2 N–H and O–H groups in total. The van der Waals surface area contributed by atoms with Crippen LogP contribution in [0.3, 0.4) is 0 Å². The molecule has 0 aliphatic carbocycles. The van der Waals surface area contributed by atoms with Gasteiger partial charge in [-0.2, -0.15) is 0 Å². The molecule has 78 valence electrons. The predicted octanol–water partition coefficient (Wildman–Crippen LogP) is 2.28. The third-order valence-electron chi connectivity index (χ3n) is 2.14. The molecule has 2 atom stereocenters. The Morgan fingerprint density at radius 3 is 2.57 bits per heavy atom. The molecule has 1 unspecified atom stereocenters. The number of hydrogen-bond donors (Lipinski definition) is 1. The summed E-state index contributed by atoms with van der Waals surface area (Å²) in [4.78, 5) is 4.22. The standard InChI is InChI=1S/C11H18N2O/c1-4-8(2)14-10-5-6-11(9(3)12)13-7-10/h5-9H,4,12H2,1-3H3/t8?,9-/m0/s1. The Labute approximate surface area is 85.3 Å². The lowest BCUT2D eigenvalue weighted by atomic mass is 10.2. The second-order valence-electron chi connectivity index (χ2n) is 3.54. The van der Waals surface area contributed by atoms with Gasteiger partial charge in [0.15, 0.2) is 0 Å². The molecule has 0 fully saturated rings. The van der Waals surface area contributed by atoms with E-state index in [2.05, 4.69) is 11.9 Å². The van der Waals surface area contributed by atoms with E-state index in [0.717, 1.165) is 17.9 Å². The zero-order valence-corrected chi connectivity index (χ0v) is 9.03. The summed E-state index contributed by atoms with van der Waals surface area (Å²) in [6.07, 6.45) is 2.96. The van der Waals surface area contributed by atoms with Gasteiger partial charge >= 0.3 is 0 Å². The van der Waals surface area contributed by atoms with Gasteiger partial charge in [-0.25, -0.2) is 0 Å². The molecule has 0 aromatic carbocycles. The van der Waals surface area contributed by atoms with E-state index in [4.69, 9.17) is 10.5 Å². The van der Waals surface area contributed by atoms with E-state index >= 15 is 0 Å². The van der Waals surface area contributed by atoms with Crippen molar-refractivity contribution < 1.29 is 4.74 Å². The SMILES string of the molecule is CCC(C)Oc1ccc([C@H](C)N)nc1. The molecule has 0 amide bonds. The zero-order valence-electron chi connectivity index (χ0n) is 9.03. The van der Waals surface area contributed by atoms with Crippen LogP contribution < -0.4 is 10.5 Å². The zero-order chi connectivity index (χ0) is 10.6. The minimum absolute atomic E-state index is 0.0207. The average molecular weight is 194 g/mol. The average Bonchev–Trinajstić information content (AvgIpc) is 2.18. The van der Waals surface area contributed by atoms with Crippen LogP contribution in [0, 0.1) is 0 Å². The number of nitrogens with zero attached hydrogens (tertiary/aromatic N) is 1. The van der Waals surface area contributed by atoms with Gasteiger partial charge in [0.25, 0.3) is 0 Å². The third kappa shape index (κ3) is 3.00. The molecule has 0 aliphatic heterocycles. The second kappa shape index (κ2) is 4.96. The van der Waals surface area contributed by atoms with Crippen LogP contribution in [0.1, 0.15) is 38.9 Å². The summed E-state index contributed by atoms with van der Waals surface area (Å²) >= 11 is 0. The van der Waals surface area contributed by atoms with Gasteiger partial charge in [0.1, 0.15) is 5.75 Å². The van der Waals surface area contributed by atoms with E-state index in [-0.39, 0.29) is 12.1 Å². The largest absolute Gasteiger partial charge is 0.489 e. The van der Waals surface area contributed by atoms with Gasteiger partial charge in [-0.1, -0.05) is 6.92 Å². The number of hydrogen-bond acceptors (Lipinski definition) is 3. The maximum Gasteiger partial charge on any atom is 0.138 e. The number of rotatable bonds is 4. The Kier molecular flexibility index (Phi) is 3.89. The van der Waals surface area contributed by atoms with Crippen molar-refractivity contribution in [2.75, 3.05) is 0 Å². The Hall–Kier alpha value is -1.09. The monoisotopic (exact) mass is 194 g/mol. The normalized spacial score (nSPS) is 14.9. The quantitative estimate of drug-likeness (QED) is 0.800. The van der Waals surface area contributed by atoms with Crippen LogP contribution in [-0.2, 0) is 0 Å². The van der Waals surface area contributed by atoms with E-state index in [1.54, 1.807) is 6.20 Å². The first kappa shape index (κ1) is 11.0. The van der Waals surface area contributed by atoms with Crippen LogP contribution >= 0.6 is 0 Å². The second-order valence-corrected chi connectivity index (χ2v) is 3.54. The molecule has 0 saturated heterocycles. The smallest absolute Gasteiger partial charge is 0.138 e. The number of nitrogens with two attached hydrogens (primary N) is 1. The van der Waals surface area contributed by atoms with Crippen molar-refractivity contribution in [1.29, 1.82) is 0 Å². The summed E-state index contributed by atoms with van der Waals surface area (Å²) in [5.74, 6) is 0.809. The minimum atomic E-state index is -0.0207. The maximum absolute atomic E-state index is 5.69. The Morgan fingerprint density at radius 2 is 2.14 bits per heavy atom. The Morgan fingerprint density at radius 1 is 1.43 bits per heavy atom. The topological polar surface area (TPSA) is 48.1 Å². The predicted molar refractivity (Wildman–Crippen MR) is 57.2 cm³/mol. The van der Waals surface area contributed by atoms with E-state index in [1.165, 1.54) is 0 Å². The summed E-state index contributed by atoms with van der Waals surface area (Å²) in [5, 5.41) is 0. The molecule has 3 nitrogen and oxygen atoms in total. The van der Waals surface area contributed by atoms with Gasteiger partial charge in [0, 0.05) is 6.04 Å². The number of pyridine rings is 1. The molecule has 0 spiro atoms. The molecule has 1 rings (SSSR count). The summed E-state index contributed by atoms with van der Waals surface area (Å²) in [6.45, 7) is 6.05.